The zero-order valence-corrected chi connectivity index (χ0v) is 14.2. The van der Waals surface area contributed by atoms with E-state index in [4.69, 9.17) is 0 Å². The highest BCUT2D eigenvalue weighted by molar-refractivity contribution is 7.94. The van der Waals surface area contributed by atoms with Crippen LogP contribution in [0.5, 0.6) is 0 Å². The molecule has 0 unspecified atom stereocenters. The van der Waals surface area contributed by atoms with E-state index in [1.807, 2.05) is 13.0 Å². The fourth-order valence-corrected chi connectivity index (χ4v) is 4.37. The number of sulfonamides is 1. The Bertz CT molecular complexity index is 808. The average Bonchev–Trinajstić information content (AvgIpc) is 2.67. The number of amides is 1. The Kier molecular flexibility index (Phi) is 4.47. The summed E-state index contributed by atoms with van der Waals surface area (Å²) in [6.45, 7) is 6.56. The van der Waals surface area contributed by atoms with E-state index in [1.165, 1.54) is 6.92 Å². The Hall–Kier alpha value is -2.00. The minimum atomic E-state index is -3.80. The predicted octanol–water partition coefficient (Wildman–Crippen LogP) is 2.22. The molecule has 2 N–H and O–H groups in total. The second-order valence-corrected chi connectivity index (χ2v) is 7.73. The van der Waals surface area contributed by atoms with Crippen LogP contribution in [0.4, 0.5) is 10.9 Å². The molecule has 0 aliphatic heterocycles. The van der Waals surface area contributed by atoms with Crippen molar-refractivity contribution in [1.29, 1.82) is 0 Å². The van der Waals surface area contributed by atoms with Gasteiger partial charge in [-0.3, -0.25) is 9.52 Å². The van der Waals surface area contributed by atoms with Crippen LogP contribution in [-0.2, 0) is 14.8 Å². The lowest BCUT2D eigenvalue weighted by molar-refractivity contribution is -0.114. The number of nitrogens with zero attached hydrogens (tertiary/aromatic N) is 2. The topological polar surface area (TPSA) is 101 Å². The van der Waals surface area contributed by atoms with Gasteiger partial charge in [-0.1, -0.05) is 11.3 Å². The molecule has 9 heteroatoms. The minimum absolute atomic E-state index is 0.0530. The molecule has 2 aromatic heterocycles. The highest BCUT2D eigenvalue weighted by atomic mass is 32.2. The van der Waals surface area contributed by atoms with Crippen LogP contribution in [0.2, 0.25) is 0 Å². The maximum atomic E-state index is 12.5. The van der Waals surface area contributed by atoms with Gasteiger partial charge in [0.1, 0.15) is 5.82 Å². The molecule has 7 nitrogen and oxygen atoms in total. The van der Waals surface area contributed by atoms with Crippen molar-refractivity contribution in [2.24, 2.45) is 0 Å². The van der Waals surface area contributed by atoms with Gasteiger partial charge in [-0.15, -0.1) is 0 Å². The first-order valence-corrected chi connectivity index (χ1v) is 8.70. The summed E-state index contributed by atoms with van der Waals surface area (Å²) in [4.78, 5) is 19.2. The number of carbonyl (C=O) groups is 1. The molecule has 0 aliphatic carbocycles. The molecule has 0 atom stereocenters. The number of hydrogen-bond acceptors (Lipinski definition) is 6. The molecule has 118 valence electrons. The van der Waals surface area contributed by atoms with Crippen molar-refractivity contribution in [3.63, 3.8) is 0 Å². The number of aryl methyl sites for hydroxylation is 3. The summed E-state index contributed by atoms with van der Waals surface area (Å²) in [6.07, 6.45) is 0. The molecule has 22 heavy (non-hydrogen) atoms. The van der Waals surface area contributed by atoms with E-state index >= 15 is 0 Å². The van der Waals surface area contributed by atoms with Crippen molar-refractivity contribution < 1.29 is 13.2 Å². The van der Waals surface area contributed by atoms with Crippen LogP contribution in [0, 0.1) is 20.8 Å². The normalized spacial score (nSPS) is 11.3. The van der Waals surface area contributed by atoms with E-state index < -0.39 is 10.0 Å². The summed E-state index contributed by atoms with van der Waals surface area (Å²) in [5.41, 5.74) is 1.95. The number of hydrogen-bond donors (Lipinski definition) is 2. The van der Waals surface area contributed by atoms with Crippen LogP contribution in [0.3, 0.4) is 0 Å². The van der Waals surface area contributed by atoms with Gasteiger partial charge in [0.25, 0.3) is 10.0 Å². The molecule has 0 bridgehead atoms. The van der Waals surface area contributed by atoms with Crippen LogP contribution in [0.15, 0.2) is 16.3 Å². The number of thiazole rings is 1. The van der Waals surface area contributed by atoms with Crippen molar-refractivity contribution in [3.8, 4) is 0 Å². The fourth-order valence-electron chi connectivity index (χ4n) is 1.91. The third-order valence-electron chi connectivity index (χ3n) is 2.62. The van der Waals surface area contributed by atoms with Crippen molar-refractivity contribution in [1.82, 2.24) is 9.97 Å². The summed E-state index contributed by atoms with van der Waals surface area (Å²) < 4.78 is 27.4. The molecule has 0 saturated heterocycles. The molecule has 0 radical (unpaired) electrons. The number of pyridine rings is 1. The van der Waals surface area contributed by atoms with Gasteiger partial charge in [0.2, 0.25) is 5.91 Å². The van der Waals surface area contributed by atoms with Crippen LogP contribution < -0.4 is 10.0 Å². The molecular weight excluding hydrogens is 324 g/mol. The first-order valence-electron chi connectivity index (χ1n) is 6.40. The molecule has 0 saturated carbocycles. The lowest BCUT2D eigenvalue weighted by Crippen LogP contribution is -2.14. The molecule has 0 aliphatic rings. The predicted molar refractivity (Wildman–Crippen MR) is 85.7 cm³/mol. The van der Waals surface area contributed by atoms with Gasteiger partial charge in [0, 0.05) is 12.6 Å². The number of nitrogens with one attached hydrogen (secondary N) is 2. The van der Waals surface area contributed by atoms with E-state index in [9.17, 15) is 13.2 Å². The van der Waals surface area contributed by atoms with E-state index in [-0.39, 0.29) is 21.1 Å². The Morgan fingerprint density at radius 2 is 1.86 bits per heavy atom. The van der Waals surface area contributed by atoms with Crippen molar-refractivity contribution in [2.75, 3.05) is 10.0 Å². The molecule has 1 amide bonds. The monoisotopic (exact) mass is 340 g/mol. The van der Waals surface area contributed by atoms with Gasteiger partial charge in [-0.25, -0.2) is 18.4 Å². The fraction of sp³-hybridized carbons (Fsp3) is 0.308. The molecular formula is C13H16N4O3S2. The standard InChI is InChI=1S/C13H16N4O3S2/c1-7-5-8(2)14-11(6-7)17-22(19,20)12-9(3)15-13(21-12)16-10(4)18/h5-6H,1-4H3,(H,14,17)(H,15,16,18). The Morgan fingerprint density at radius 1 is 1.18 bits per heavy atom. The smallest absolute Gasteiger partial charge is 0.274 e. The molecule has 2 heterocycles. The maximum Gasteiger partial charge on any atom is 0.274 e. The summed E-state index contributed by atoms with van der Waals surface area (Å²) in [6, 6.07) is 3.50. The maximum absolute atomic E-state index is 12.5. The summed E-state index contributed by atoms with van der Waals surface area (Å²) in [5.74, 6) is -0.0481. The first-order chi connectivity index (χ1) is 10.2. The zero-order chi connectivity index (χ0) is 16.5. The molecule has 0 spiro atoms. The number of aromatic nitrogens is 2. The van der Waals surface area contributed by atoms with Gasteiger partial charge in [0.15, 0.2) is 9.34 Å². The Morgan fingerprint density at radius 3 is 2.45 bits per heavy atom. The highest BCUT2D eigenvalue weighted by Crippen LogP contribution is 2.28. The van der Waals surface area contributed by atoms with Gasteiger partial charge in [-0.05, 0) is 38.5 Å². The van der Waals surface area contributed by atoms with Gasteiger partial charge in [0.05, 0.1) is 5.69 Å². The lowest BCUT2D eigenvalue weighted by atomic mass is 10.2. The van der Waals surface area contributed by atoms with Crippen molar-refractivity contribution in [3.05, 3.63) is 29.1 Å². The highest BCUT2D eigenvalue weighted by Gasteiger charge is 2.23. The lowest BCUT2D eigenvalue weighted by Gasteiger charge is -2.07. The number of carbonyl (C=O) groups excluding carboxylic acids is 1. The SMILES string of the molecule is CC(=O)Nc1nc(C)c(S(=O)(=O)Nc2cc(C)cc(C)n2)s1. The molecule has 0 fully saturated rings. The Balaban J connectivity index is 2.34. The van der Waals surface area contributed by atoms with Gasteiger partial charge >= 0.3 is 0 Å². The van der Waals surface area contributed by atoms with Crippen LogP contribution in [0.25, 0.3) is 0 Å². The Labute approximate surface area is 132 Å². The summed E-state index contributed by atoms with van der Waals surface area (Å²) in [7, 11) is -3.80. The van der Waals surface area contributed by atoms with Crippen molar-refractivity contribution >= 4 is 38.2 Å². The first kappa shape index (κ1) is 16.4. The summed E-state index contributed by atoms with van der Waals surface area (Å²) in [5, 5.41) is 2.73. The number of rotatable bonds is 4. The van der Waals surface area contributed by atoms with E-state index in [2.05, 4.69) is 20.0 Å². The second kappa shape index (κ2) is 6.01. The molecule has 0 aromatic carbocycles. The third-order valence-corrected chi connectivity index (χ3v) is 5.65. The van der Waals surface area contributed by atoms with E-state index in [0.29, 0.717) is 5.69 Å². The van der Waals surface area contributed by atoms with Crippen LogP contribution in [0.1, 0.15) is 23.9 Å². The third kappa shape index (κ3) is 3.80. The van der Waals surface area contributed by atoms with Crippen molar-refractivity contribution in [2.45, 2.75) is 31.9 Å². The second-order valence-electron chi connectivity index (χ2n) is 4.85. The average molecular weight is 340 g/mol. The van der Waals surface area contributed by atoms with Crippen LogP contribution in [-0.4, -0.2) is 24.3 Å². The largest absolute Gasteiger partial charge is 0.302 e. The van der Waals surface area contributed by atoms with Gasteiger partial charge in [-0.2, -0.15) is 0 Å². The zero-order valence-electron chi connectivity index (χ0n) is 12.6. The van der Waals surface area contributed by atoms with E-state index in [0.717, 1.165) is 22.6 Å². The van der Waals surface area contributed by atoms with Crippen LogP contribution >= 0.6 is 11.3 Å². The number of anilines is 2. The quantitative estimate of drug-likeness (QED) is 0.889. The van der Waals surface area contributed by atoms with E-state index in [1.54, 1.807) is 19.9 Å². The van der Waals surface area contributed by atoms with Gasteiger partial charge < -0.3 is 5.32 Å². The summed E-state index contributed by atoms with van der Waals surface area (Å²) >= 11 is 0.901. The molecule has 2 aromatic rings. The minimum Gasteiger partial charge on any atom is -0.302 e. The molecule has 2 rings (SSSR count).